The molecule has 0 aromatic heterocycles. The molecule has 35 heavy (non-hydrogen) atoms. The Labute approximate surface area is 201 Å². The summed E-state index contributed by atoms with van der Waals surface area (Å²) in [6.45, 7) is 1.53. The van der Waals surface area contributed by atoms with Gasteiger partial charge >= 0.3 is 12.1 Å². The second kappa shape index (κ2) is 10.0. The molecule has 0 heterocycles. The van der Waals surface area contributed by atoms with E-state index in [0.717, 1.165) is 28.7 Å². The SMILES string of the molecule is CCCC[C@H](NC(=O)OCC1c2ccccc2-c2ccccc21)C(=O)NCC1C(C(=O)O)C1(F)F. The Morgan fingerprint density at radius 2 is 1.66 bits per heavy atom. The van der Waals surface area contributed by atoms with Crippen molar-refractivity contribution in [3.8, 4) is 11.1 Å². The molecule has 2 unspecified atom stereocenters. The molecule has 3 atom stereocenters. The van der Waals surface area contributed by atoms with Crippen LogP contribution in [-0.4, -0.2) is 48.2 Å². The molecule has 186 valence electrons. The fourth-order valence-electron chi connectivity index (χ4n) is 4.77. The Hall–Kier alpha value is -3.49. The highest BCUT2D eigenvalue weighted by Gasteiger charge is 2.72. The van der Waals surface area contributed by atoms with Gasteiger partial charge in [0.15, 0.2) is 0 Å². The summed E-state index contributed by atoms with van der Waals surface area (Å²) in [4.78, 5) is 36.1. The number of ether oxygens (including phenoxy) is 1. The summed E-state index contributed by atoms with van der Waals surface area (Å²) < 4.78 is 32.7. The number of carbonyl (C=O) groups excluding carboxylic acids is 2. The third-order valence-electron chi connectivity index (χ3n) is 6.76. The number of aliphatic carboxylic acids is 1. The Morgan fingerprint density at radius 1 is 1.06 bits per heavy atom. The fraction of sp³-hybridized carbons (Fsp3) is 0.423. The molecule has 2 aromatic carbocycles. The van der Waals surface area contributed by atoms with Gasteiger partial charge in [0.2, 0.25) is 5.91 Å². The Bertz CT molecular complexity index is 1080. The zero-order valence-electron chi connectivity index (χ0n) is 19.3. The lowest BCUT2D eigenvalue weighted by Crippen LogP contribution is -2.47. The summed E-state index contributed by atoms with van der Waals surface area (Å²) in [7, 11) is 0. The van der Waals surface area contributed by atoms with Crippen molar-refractivity contribution in [3.05, 3.63) is 59.7 Å². The zero-order valence-corrected chi connectivity index (χ0v) is 19.3. The molecule has 1 fully saturated rings. The Morgan fingerprint density at radius 3 is 2.20 bits per heavy atom. The maximum atomic E-state index is 13.6. The van der Waals surface area contributed by atoms with Crippen molar-refractivity contribution in [3.63, 3.8) is 0 Å². The van der Waals surface area contributed by atoms with E-state index in [1.807, 2.05) is 55.5 Å². The van der Waals surface area contributed by atoms with E-state index in [1.165, 1.54) is 0 Å². The molecule has 2 aliphatic rings. The number of alkyl carbamates (subject to hydrolysis) is 1. The van der Waals surface area contributed by atoms with E-state index in [2.05, 4.69) is 10.6 Å². The van der Waals surface area contributed by atoms with Gasteiger partial charge in [0.25, 0.3) is 5.92 Å². The van der Waals surface area contributed by atoms with Crippen LogP contribution in [0.1, 0.15) is 43.2 Å². The smallest absolute Gasteiger partial charge is 0.407 e. The van der Waals surface area contributed by atoms with Crippen molar-refractivity contribution in [1.29, 1.82) is 0 Å². The maximum absolute atomic E-state index is 13.6. The first-order valence-corrected chi connectivity index (χ1v) is 11.8. The third kappa shape index (κ3) is 4.99. The van der Waals surface area contributed by atoms with Gasteiger partial charge in [0.05, 0.1) is 5.92 Å². The van der Waals surface area contributed by atoms with E-state index < -0.39 is 48.3 Å². The Kier molecular flexibility index (Phi) is 7.05. The van der Waals surface area contributed by atoms with E-state index in [-0.39, 0.29) is 12.5 Å². The number of nitrogens with one attached hydrogen (secondary N) is 2. The number of alkyl halides is 2. The molecule has 4 rings (SSSR count). The maximum Gasteiger partial charge on any atom is 0.407 e. The van der Waals surface area contributed by atoms with E-state index in [9.17, 15) is 23.2 Å². The minimum Gasteiger partial charge on any atom is -0.481 e. The molecule has 0 radical (unpaired) electrons. The second-order valence-electron chi connectivity index (χ2n) is 9.01. The fourth-order valence-corrected chi connectivity index (χ4v) is 4.77. The van der Waals surface area contributed by atoms with Crippen LogP contribution in [0.5, 0.6) is 0 Å². The first-order valence-electron chi connectivity index (χ1n) is 11.8. The summed E-state index contributed by atoms with van der Waals surface area (Å²) in [6.07, 6.45) is 0.913. The number of amides is 2. The van der Waals surface area contributed by atoms with Crippen LogP contribution in [0, 0.1) is 11.8 Å². The topological polar surface area (TPSA) is 105 Å². The van der Waals surface area contributed by atoms with Crippen molar-refractivity contribution in [2.45, 2.75) is 44.1 Å². The largest absolute Gasteiger partial charge is 0.481 e. The predicted molar refractivity (Wildman–Crippen MR) is 124 cm³/mol. The standard InChI is InChI=1S/C26H28F2N2O5/c1-2-3-12-21(23(31)29-13-20-22(24(32)33)26(20,27)28)30-25(34)35-14-19-17-10-6-4-8-15(17)16-9-5-7-11-18(16)19/h4-11,19-22H,2-3,12-14H2,1H3,(H,29,31)(H,30,34)(H,32,33)/t20?,21-,22?/m0/s1. The lowest BCUT2D eigenvalue weighted by molar-refractivity contribution is -0.141. The van der Waals surface area contributed by atoms with Gasteiger partial charge in [-0.3, -0.25) is 9.59 Å². The monoisotopic (exact) mass is 486 g/mol. The van der Waals surface area contributed by atoms with Gasteiger partial charge in [0.1, 0.15) is 18.6 Å². The van der Waals surface area contributed by atoms with Crippen LogP contribution < -0.4 is 10.6 Å². The molecule has 0 aliphatic heterocycles. The van der Waals surface area contributed by atoms with Crippen LogP contribution in [0.4, 0.5) is 13.6 Å². The number of carbonyl (C=O) groups is 3. The minimum absolute atomic E-state index is 0.0799. The van der Waals surface area contributed by atoms with Gasteiger partial charge < -0.3 is 20.5 Å². The zero-order chi connectivity index (χ0) is 25.2. The summed E-state index contributed by atoms with van der Waals surface area (Å²) in [5.41, 5.74) is 4.29. The number of halogens is 2. The molecule has 7 nitrogen and oxygen atoms in total. The van der Waals surface area contributed by atoms with Gasteiger partial charge in [-0.2, -0.15) is 0 Å². The molecule has 2 aliphatic carbocycles. The first kappa shape index (κ1) is 24.6. The average molecular weight is 487 g/mol. The van der Waals surface area contributed by atoms with Crippen molar-refractivity contribution >= 4 is 18.0 Å². The van der Waals surface area contributed by atoms with E-state index in [0.29, 0.717) is 12.8 Å². The summed E-state index contributed by atoms with van der Waals surface area (Å²) in [6, 6.07) is 14.9. The molecule has 2 amide bonds. The highest BCUT2D eigenvalue weighted by molar-refractivity contribution is 5.86. The number of rotatable bonds is 10. The number of hydrogen-bond acceptors (Lipinski definition) is 4. The van der Waals surface area contributed by atoms with Gasteiger partial charge in [-0.15, -0.1) is 0 Å². The van der Waals surface area contributed by atoms with E-state index in [4.69, 9.17) is 9.84 Å². The molecular formula is C26H28F2N2O5. The van der Waals surface area contributed by atoms with Crippen LogP contribution in [0.25, 0.3) is 11.1 Å². The number of hydrogen-bond donors (Lipinski definition) is 3. The minimum atomic E-state index is -3.35. The summed E-state index contributed by atoms with van der Waals surface area (Å²) >= 11 is 0. The number of unbranched alkanes of at least 4 members (excludes halogenated alkanes) is 1. The quantitative estimate of drug-likeness (QED) is 0.468. The highest BCUT2D eigenvalue weighted by Crippen LogP contribution is 2.54. The van der Waals surface area contributed by atoms with Gasteiger partial charge in [0, 0.05) is 12.5 Å². The van der Waals surface area contributed by atoms with Crippen molar-refractivity contribution < 1.29 is 33.0 Å². The molecule has 0 spiro atoms. The summed E-state index contributed by atoms with van der Waals surface area (Å²) in [5.74, 6) is -8.97. The number of fused-ring (bicyclic) bond motifs is 3. The van der Waals surface area contributed by atoms with Crippen LogP contribution in [0.15, 0.2) is 48.5 Å². The second-order valence-corrected chi connectivity index (χ2v) is 9.01. The first-order chi connectivity index (χ1) is 16.8. The highest BCUT2D eigenvalue weighted by atomic mass is 19.3. The van der Waals surface area contributed by atoms with Crippen LogP contribution in [0.3, 0.4) is 0 Å². The van der Waals surface area contributed by atoms with Crippen LogP contribution >= 0.6 is 0 Å². The molecule has 9 heteroatoms. The third-order valence-corrected chi connectivity index (χ3v) is 6.76. The van der Waals surface area contributed by atoms with Crippen LogP contribution in [0.2, 0.25) is 0 Å². The Balaban J connectivity index is 1.35. The lowest BCUT2D eigenvalue weighted by atomic mass is 9.98. The van der Waals surface area contributed by atoms with Crippen LogP contribution in [-0.2, 0) is 14.3 Å². The molecule has 1 saturated carbocycles. The molecule has 0 saturated heterocycles. The van der Waals surface area contributed by atoms with Gasteiger partial charge in [-0.05, 0) is 28.7 Å². The van der Waals surface area contributed by atoms with Gasteiger partial charge in [-0.25, -0.2) is 13.6 Å². The van der Waals surface area contributed by atoms with Crippen molar-refractivity contribution in [2.24, 2.45) is 11.8 Å². The predicted octanol–water partition coefficient (Wildman–Crippen LogP) is 4.17. The lowest BCUT2D eigenvalue weighted by Gasteiger charge is -2.19. The number of carboxylic acid groups (broad SMARTS) is 1. The van der Waals surface area contributed by atoms with E-state index >= 15 is 0 Å². The normalized spacial score (nSPS) is 20.3. The summed E-state index contributed by atoms with van der Waals surface area (Å²) in [5, 5.41) is 13.8. The molecule has 0 bridgehead atoms. The molecule has 3 N–H and O–H groups in total. The number of carboxylic acids is 1. The van der Waals surface area contributed by atoms with E-state index in [1.54, 1.807) is 0 Å². The van der Waals surface area contributed by atoms with Crippen molar-refractivity contribution in [1.82, 2.24) is 10.6 Å². The number of benzene rings is 2. The average Bonchev–Trinajstić information content (AvgIpc) is 3.25. The molecular weight excluding hydrogens is 458 g/mol. The van der Waals surface area contributed by atoms with Gasteiger partial charge in [-0.1, -0.05) is 68.3 Å². The molecule has 2 aromatic rings. The van der Waals surface area contributed by atoms with Crippen molar-refractivity contribution in [2.75, 3.05) is 13.2 Å².